The zero-order valence-electron chi connectivity index (χ0n) is 17.1. The Bertz CT molecular complexity index is 982. The van der Waals surface area contributed by atoms with Gasteiger partial charge in [0.2, 0.25) is 5.91 Å². The van der Waals surface area contributed by atoms with Crippen molar-refractivity contribution < 1.29 is 29.3 Å². The van der Waals surface area contributed by atoms with E-state index in [0.29, 0.717) is 17.0 Å². The Hall–Kier alpha value is -2.58. The molecule has 0 spiro atoms. The first-order chi connectivity index (χ1) is 14.8. The number of ether oxygens (including phenoxy) is 1. The zero-order chi connectivity index (χ0) is 22.5. The van der Waals surface area contributed by atoms with Gasteiger partial charge in [-0.3, -0.25) is 4.79 Å². The number of rotatable bonds is 8. The quantitative estimate of drug-likeness (QED) is 0.573. The summed E-state index contributed by atoms with van der Waals surface area (Å²) < 4.78 is 5.14. The molecule has 1 aromatic heterocycles. The molecule has 0 radical (unpaired) electrons. The molecule has 7 nitrogen and oxygen atoms in total. The number of benzene rings is 1. The predicted molar refractivity (Wildman–Crippen MR) is 118 cm³/mol. The summed E-state index contributed by atoms with van der Waals surface area (Å²) >= 11 is 7.32. The molecule has 0 saturated heterocycles. The van der Waals surface area contributed by atoms with Gasteiger partial charge in [-0.05, 0) is 30.0 Å². The third-order valence-electron chi connectivity index (χ3n) is 5.31. The van der Waals surface area contributed by atoms with Crippen LogP contribution < -0.4 is 4.74 Å². The first-order valence-corrected chi connectivity index (χ1v) is 11.2. The minimum atomic E-state index is -1.24. The second-order valence-corrected chi connectivity index (χ2v) is 8.93. The topological polar surface area (TPSA) is 104 Å². The van der Waals surface area contributed by atoms with Crippen molar-refractivity contribution in [2.45, 2.75) is 51.6 Å². The van der Waals surface area contributed by atoms with Gasteiger partial charge in [0.1, 0.15) is 5.02 Å². The Morgan fingerprint density at radius 2 is 1.90 bits per heavy atom. The third kappa shape index (κ3) is 5.57. The molecule has 1 saturated carbocycles. The Morgan fingerprint density at radius 3 is 2.52 bits per heavy atom. The number of halogens is 1. The number of carbonyl (C=O) groups excluding carboxylic acids is 1. The van der Waals surface area contributed by atoms with E-state index in [9.17, 15) is 19.5 Å². The van der Waals surface area contributed by atoms with Gasteiger partial charge in [-0.15, -0.1) is 11.3 Å². The SMILES string of the molecule is CC(=O)N(Cc1cccc(-c2sc(C(=O)O)c(OCC(=O)O)c2Cl)c1)C1CCCCC1. The van der Waals surface area contributed by atoms with Crippen LogP contribution in [0.15, 0.2) is 24.3 Å². The summed E-state index contributed by atoms with van der Waals surface area (Å²) in [5, 5.41) is 18.4. The molecular weight excluding hydrogens is 442 g/mol. The average molecular weight is 466 g/mol. The van der Waals surface area contributed by atoms with Gasteiger partial charge in [0, 0.05) is 19.5 Å². The van der Waals surface area contributed by atoms with Crippen LogP contribution in [-0.4, -0.2) is 45.6 Å². The van der Waals surface area contributed by atoms with Crippen LogP contribution in [0.4, 0.5) is 0 Å². The highest BCUT2D eigenvalue weighted by Crippen LogP contribution is 2.45. The molecule has 0 atom stereocenters. The van der Waals surface area contributed by atoms with Crippen LogP contribution in [0.5, 0.6) is 5.75 Å². The monoisotopic (exact) mass is 465 g/mol. The van der Waals surface area contributed by atoms with Gasteiger partial charge < -0.3 is 19.8 Å². The Kier molecular flexibility index (Phi) is 7.56. The minimum Gasteiger partial charge on any atom is -0.479 e. The Labute approximate surface area is 189 Å². The fraction of sp³-hybridized carbons (Fsp3) is 0.409. The number of carbonyl (C=O) groups is 3. The van der Waals surface area contributed by atoms with Gasteiger partial charge in [-0.25, -0.2) is 9.59 Å². The Morgan fingerprint density at radius 1 is 1.19 bits per heavy atom. The number of aliphatic carboxylic acids is 1. The van der Waals surface area contributed by atoms with E-state index in [1.165, 1.54) is 6.42 Å². The maximum Gasteiger partial charge on any atom is 0.349 e. The van der Waals surface area contributed by atoms with E-state index in [1.54, 1.807) is 13.0 Å². The van der Waals surface area contributed by atoms with Gasteiger partial charge in [-0.2, -0.15) is 0 Å². The summed E-state index contributed by atoms with van der Waals surface area (Å²) in [7, 11) is 0. The first kappa shape index (κ1) is 23.1. The highest BCUT2D eigenvalue weighted by molar-refractivity contribution is 7.18. The van der Waals surface area contributed by atoms with Crippen molar-refractivity contribution in [3.05, 3.63) is 39.7 Å². The maximum absolute atomic E-state index is 12.3. The lowest BCUT2D eigenvalue weighted by atomic mass is 9.93. The van der Waals surface area contributed by atoms with Crippen LogP contribution in [0.25, 0.3) is 10.4 Å². The molecule has 31 heavy (non-hydrogen) atoms. The number of thiophene rings is 1. The molecule has 1 amide bonds. The molecule has 166 valence electrons. The van der Waals surface area contributed by atoms with Crippen LogP contribution in [0.3, 0.4) is 0 Å². The molecule has 1 heterocycles. The van der Waals surface area contributed by atoms with E-state index in [-0.39, 0.29) is 27.6 Å². The molecule has 1 aliphatic rings. The largest absolute Gasteiger partial charge is 0.479 e. The van der Waals surface area contributed by atoms with Crippen molar-refractivity contribution in [2.75, 3.05) is 6.61 Å². The van der Waals surface area contributed by atoms with Gasteiger partial charge in [-0.1, -0.05) is 49.1 Å². The average Bonchev–Trinajstić information content (AvgIpc) is 3.07. The molecule has 1 aromatic carbocycles. The molecule has 0 aliphatic heterocycles. The molecule has 2 N–H and O–H groups in total. The summed E-state index contributed by atoms with van der Waals surface area (Å²) in [5.74, 6) is -2.58. The van der Waals surface area contributed by atoms with Crippen LogP contribution >= 0.6 is 22.9 Å². The van der Waals surface area contributed by atoms with E-state index in [4.69, 9.17) is 21.4 Å². The molecule has 1 fully saturated rings. The lowest BCUT2D eigenvalue weighted by molar-refractivity contribution is -0.139. The van der Waals surface area contributed by atoms with Crippen LogP contribution in [0.2, 0.25) is 5.02 Å². The van der Waals surface area contributed by atoms with Crippen LogP contribution in [0, 0.1) is 0 Å². The number of amides is 1. The molecule has 9 heteroatoms. The molecule has 2 aromatic rings. The number of nitrogens with zero attached hydrogens (tertiary/aromatic N) is 1. The van der Waals surface area contributed by atoms with E-state index in [2.05, 4.69) is 0 Å². The normalized spacial score (nSPS) is 14.3. The molecule has 0 bridgehead atoms. The summed E-state index contributed by atoms with van der Waals surface area (Å²) in [5.41, 5.74) is 1.60. The van der Waals surface area contributed by atoms with Gasteiger partial charge >= 0.3 is 11.9 Å². The lowest BCUT2D eigenvalue weighted by Crippen LogP contribution is -2.39. The van der Waals surface area contributed by atoms with Crippen molar-refractivity contribution in [1.29, 1.82) is 0 Å². The lowest BCUT2D eigenvalue weighted by Gasteiger charge is -2.34. The Balaban J connectivity index is 1.90. The molecule has 0 unspecified atom stereocenters. The molecular formula is C22H24ClNO6S. The number of carboxylic acids is 2. The minimum absolute atomic E-state index is 0.0315. The summed E-state index contributed by atoms with van der Waals surface area (Å²) in [6, 6.07) is 7.66. The van der Waals surface area contributed by atoms with Gasteiger partial charge in [0.15, 0.2) is 17.2 Å². The van der Waals surface area contributed by atoms with E-state index >= 15 is 0 Å². The highest BCUT2D eigenvalue weighted by Gasteiger charge is 2.26. The van der Waals surface area contributed by atoms with E-state index in [0.717, 1.165) is 42.6 Å². The summed E-state index contributed by atoms with van der Waals surface area (Å²) in [6.45, 7) is 1.36. The molecule has 1 aliphatic carbocycles. The smallest absolute Gasteiger partial charge is 0.349 e. The van der Waals surface area contributed by atoms with E-state index < -0.39 is 18.5 Å². The van der Waals surface area contributed by atoms with Crippen molar-refractivity contribution >= 4 is 40.8 Å². The fourth-order valence-electron chi connectivity index (χ4n) is 3.88. The summed E-state index contributed by atoms with van der Waals surface area (Å²) in [4.78, 5) is 36.9. The van der Waals surface area contributed by atoms with Crippen molar-refractivity contribution in [3.63, 3.8) is 0 Å². The van der Waals surface area contributed by atoms with Gasteiger partial charge in [0.05, 0.1) is 4.88 Å². The van der Waals surface area contributed by atoms with Crippen molar-refractivity contribution in [2.24, 2.45) is 0 Å². The van der Waals surface area contributed by atoms with E-state index in [1.807, 2.05) is 23.1 Å². The second-order valence-electron chi connectivity index (χ2n) is 7.53. The van der Waals surface area contributed by atoms with Crippen molar-refractivity contribution in [1.82, 2.24) is 4.90 Å². The number of carboxylic acid groups (broad SMARTS) is 2. The number of hydrogen-bond donors (Lipinski definition) is 2. The fourth-order valence-corrected chi connectivity index (χ4v) is 5.29. The standard InChI is InChI=1S/C22H24ClNO6S/c1-13(25)24(16-8-3-2-4-9-16)11-14-6-5-7-15(10-14)20-18(23)19(30-12-17(26)27)21(31-20)22(28)29/h5-7,10,16H,2-4,8-9,11-12H2,1H3,(H,26,27)(H,28,29). The second kappa shape index (κ2) is 10.2. The maximum atomic E-state index is 12.3. The molecule has 3 rings (SSSR count). The number of aromatic carboxylic acids is 1. The van der Waals surface area contributed by atoms with Crippen LogP contribution in [-0.2, 0) is 16.1 Å². The predicted octanol–water partition coefficient (Wildman–Crippen LogP) is 4.91. The number of hydrogen-bond acceptors (Lipinski definition) is 5. The van der Waals surface area contributed by atoms with Crippen molar-refractivity contribution in [3.8, 4) is 16.2 Å². The van der Waals surface area contributed by atoms with Gasteiger partial charge in [0.25, 0.3) is 0 Å². The van der Waals surface area contributed by atoms with Crippen LogP contribution in [0.1, 0.15) is 54.3 Å². The zero-order valence-corrected chi connectivity index (χ0v) is 18.7. The first-order valence-electron chi connectivity index (χ1n) is 10.0. The highest BCUT2D eigenvalue weighted by atomic mass is 35.5. The summed E-state index contributed by atoms with van der Waals surface area (Å²) in [6.07, 6.45) is 5.45. The third-order valence-corrected chi connectivity index (χ3v) is 6.99.